The Labute approximate surface area is 113 Å². The van der Waals surface area contributed by atoms with E-state index in [1.54, 1.807) is 0 Å². The summed E-state index contributed by atoms with van der Waals surface area (Å²) in [4.78, 5) is 0. The standard InChI is InChI=1S/C18H15N/c1-3-15-16-12-8-9-13-17(16)19(4-2)18(15)14-10-6-5-7-11-14/h1,5-13H,4H2,2H3. The van der Waals surface area contributed by atoms with Gasteiger partial charge in [0.2, 0.25) is 0 Å². The van der Waals surface area contributed by atoms with Gasteiger partial charge in [-0.1, -0.05) is 54.5 Å². The maximum atomic E-state index is 5.76. The van der Waals surface area contributed by atoms with Gasteiger partial charge in [0.1, 0.15) is 0 Å². The number of benzene rings is 2. The Morgan fingerprint density at radius 3 is 2.37 bits per heavy atom. The van der Waals surface area contributed by atoms with Gasteiger partial charge in [-0.25, -0.2) is 0 Å². The largest absolute Gasteiger partial charge is 0.340 e. The number of nitrogens with zero attached hydrogens (tertiary/aromatic N) is 1. The van der Waals surface area contributed by atoms with Crippen molar-refractivity contribution in [3.05, 3.63) is 60.2 Å². The van der Waals surface area contributed by atoms with E-state index < -0.39 is 0 Å². The maximum Gasteiger partial charge on any atom is 0.0650 e. The van der Waals surface area contributed by atoms with Crippen LogP contribution in [0.2, 0.25) is 0 Å². The highest BCUT2D eigenvalue weighted by Crippen LogP contribution is 2.33. The van der Waals surface area contributed by atoms with Gasteiger partial charge >= 0.3 is 0 Å². The van der Waals surface area contributed by atoms with E-state index in [2.05, 4.69) is 47.7 Å². The Bertz CT molecular complexity index is 757. The van der Waals surface area contributed by atoms with Crippen molar-refractivity contribution in [1.29, 1.82) is 0 Å². The van der Waals surface area contributed by atoms with Gasteiger partial charge in [0.25, 0.3) is 0 Å². The van der Waals surface area contributed by atoms with E-state index in [1.807, 2.05) is 24.3 Å². The van der Waals surface area contributed by atoms with Crippen molar-refractivity contribution in [2.24, 2.45) is 0 Å². The molecule has 0 aliphatic heterocycles. The third kappa shape index (κ3) is 1.73. The Kier molecular flexibility index (Phi) is 2.85. The van der Waals surface area contributed by atoms with Crippen LogP contribution in [-0.4, -0.2) is 4.57 Å². The summed E-state index contributed by atoms with van der Waals surface area (Å²) in [5.41, 5.74) is 4.51. The molecule has 92 valence electrons. The summed E-state index contributed by atoms with van der Waals surface area (Å²) >= 11 is 0. The normalized spacial score (nSPS) is 10.5. The molecule has 1 nitrogen and oxygen atoms in total. The minimum atomic E-state index is 0.909. The molecular formula is C18H15N. The van der Waals surface area contributed by atoms with Gasteiger partial charge in [-0.15, -0.1) is 6.42 Å². The van der Waals surface area contributed by atoms with E-state index in [1.165, 1.54) is 11.1 Å². The summed E-state index contributed by atoms with van der Waals surface area (Å²) < 4.78 is 2.29. The fourth-order valence-corrected chi connectivity index (χ4v) is 2.67. The van der Waals surface area contributed by atoms with Gasteiger partial charge in [0.15, 0.2) is 0 Å². The number of fused-ring (bicyclic) bond motifs is 1. The van der Waals surface area contributed by atoms with E-state index in [-0.39, 0.29) is 0 Å². The van der Waals surface area contributed by atoms with Crippen molar-refractivity contribution < 1.29 is 0 Å². The molecule has 0 bridgehead atoms. The van der Waals surface area contributed by atoms with Crippen molar-refractivity contribution in [3.63, 3.8) is 0 Å². The Hall–Kier alpha value is -2.46. The number of hydrogen-bond donors (Lipinski definition) is 0. The van der Waals surface area contributed by atoms with E-state index in [0.29, 0.717) is 0 Å². The lowest BCUT2D eigenvalue weighted by molar-refractivity contribution is 0.805. The lowest BCUT2D eigenvalue weighted by Crippen LogP contribution is -1.97. The number of terminal acetylenes is 1. The smallest absolute Gasteiger partial charge is 0.0650 e. The van der Waals surface area contributed by atoms with Crippen molar-refractivity contribution in [3.8, 4) is 23.6 Å². The highest BCUT2D eigenvalue weighted by molar-refractivity contribution is 5.94. The minimum Gasteiger partial charge on any atom is -0.340 e. The molecule has 0 atom stereocenters. The average molecular weight is 245 g/mol. The third-order valence-corrected chi connectivity index (χ3v) is 3.48. The van der Waals surface area contributed by atoms with Crippen LogP contribution in [0, 0.1) is 12.3 Å². The van der Waals surface area contributed by atoms with E-state index >= 15 is 0 Å². The van der Waals surface area contributed by atoms with Crippen LogP contribution >= 0.6 is 0 Å². The molecule has 19 heavy (non-hydrogen) atoms. The number of aromatic nitrogens is 1. The highest BCUT2D eigenvalue weighted by atomic mass is 15.0. The molecule has 1 heteroatoms. The first-order valence-corrected chi connectivity index (χ1v) is 6.50. The second kappa shape index (κ2) is 4.66. The van der Waals surface area contributed by atoms with Gasteiger partial charge in [0, 0.05) is 17.4 Å². The first-order chi connectivity index (χ1) is 9.36. The molecule has 0 unspecified atom stereocenters. The molecule has 2 aromatic carbocycles. The molecule has 0 N–H and O–H groups in total. The number of aryl methyl sites for hydroxylation is 1. The van der Waals surface area contributed by atoms with Crippen LogP contribution in [0.15, 0.2) is 54.6 Å². The Morgan fingerprint density at radius 1 is 1.00 bits per heavy atom. The first-order valence-electron chi connectivity index (χ1n) is 6.50. The van der Waals surface area contributed by atoms with Crippen LogP contribution < -0.4 is 0 Å². The summed E-state index contributed by atoms with van der Waals surface area (Å²) in [6, 6.07) is 18.7. The summed E-state index contributed by atoms with van der Waals surface area (Å²) in [6.45, 7) is 3.06. The first kappa shape index (κ1) is 11.6. The fourth-order valence-electron chi connectivity index (χ4n) is 2.67. The molecule has 0 saturated heterocycles. The molecule has 1 heterocycles. The van der Waals surface area contributed by atoms with Crippen molar-refractivity contribution in [2.45, 2.75) is 13.5 Å². The molecular weight excluding hydrogens is 230 g/mol. The topological polar surface area (TPSA) is 4.93 Å². The molecule has 3 aromatic rings. The van der Waals surface area contributed by atoms with Gasteiger partial charge < -0.3 is 4.57 Å². The summed E-state index contributed by atoms with van der Waals surface area (Å²) in [7, 11) is 0. The molecule has 0 spiro atoms. The predicted molar refractivity (Wildman–Crippen MR) is 81.0 cm³/mol. The second-order valence-corrected chi connectivity index (χ2v) is 4.50. The fraction of sp³-hybridized carbons (Fsp3) is 0.111. The van der Waals surface area contributed by atoms with E-state index in [0.717, 1.165) is 23.2 Å². The quantitative estimate of drug-likeness (QED) is 0.593. The highest BCUT2D eigenvalue weighted by Gasteiger charge is 2.15. The lowest BCUT2D eigenvalue weighted by atomic mass is 10.1. The van der Waals surface area contributed by atoms with Crippen LogP contribution in [0.25, 0.3) is 22.2 Å². The summed E-state index contributed by atoms with van der Waals surface area (Å²) in [5.74, 6) is 2.87. The lowest BCUT2D eigenvalue weighted by Gasteiger charge is -2.08. The summed E-state index contributed by atoms with van der Waals surface area (Å²) in [6.07, 6.45) is 5.76. The van der Waals surface area contributed by atoms with Gasteiger partial charge in [-0.05, 0) is 18.6 Å². The number of rotatable bonds is 2. The van der Waals surface area contributed by atoms with Crippen molar-refractivity contribution >= 4 is 10.9 Å². The summed E-state index contributed by atoms with van der Waals surface area (Å²) in [5, 5.41) is 1.16. The molecule has 0 aliphatic rings. The van der Waals surface area contributed by atoms with Crippen LogP contribution in [0.3, 0.4) is 0 Å². The number of hydrogen-bond acceptors (Lipinski definition) is 0. The zero-order valence-corrected chi connectivity index (χ0v) is 10.9. The van der Waals surface area contributed by atoms with E-state index in [4.69, 9.17) is 6.42 Å². The predicted octanol–water partition coefficient (Wildman–Crippen LogP) is 4.31. The maximum absolute atomic E-state index is 5.76. The van der Waals surface area contributed by atoms with Crippen molar-refractivity contribution in [1.82, 2.24) is 4.57 Å². The van der Waals surface area contributed by atoms with Crippen LogP contribution in [0.5, 0.6) is 0 Å². The SMILES string of the molecule is C#Cc1c(-c2ccccc2)n(CC)c2ccccc12. The Morgan fingerprint density at radius 2 is 1.68 bits per heavy atom. The van der Waals surface area contributed by atoms with Crippen molar-refractivity contribution in [2.75, 3.05) is 0 Å². The average Bonchev–Trinajstić information content (AvgIpc) is 2.81. The molecule has 0 aliphatic carbocycles. The van der Waals surface area contributed by atoms with Crippen LogP contribution in [-0.2, 0) is 6.54 Å². The molecule has 3 rings (SSSR count). The third-order valence-electron chi connectivity index (χ3n) is 3.48. The van der Waals surface area contributed by atoms with E-state index in [9.17, 15) is 0 Å². The zero-order chi connectivity index (χ0) is 13.2. The second-order valence-electron chi connectivity index (χ2n) is 4.50. The van der Waals surface area contributed by atoms with Gasteiger partial charge in [-0.3, -0.25) is 0 Å². The zero-order valence-electron chi connectivity index (χ0n) is 10.9. The molecule has 0 saturated carbocycles. The molecule has 1 aromatic heterocycles. The van der Waals surface area contributed by atoms with Crippen LogP contribution in [0.1, 0.15) is 12.5 Å². The Balaban J connectivity index is 2.44. The minimum absolute atomic E-state index is 0.909. The molecule has 0 amide bonds. The van der Waals surface area contributed by atoms with Crippen LogP contribution in [0.4, 0.5) is 0 Å². The monoisotopic (exact) mass is 245 g/mol. The molecule has 0 radical (unpaired) electrons. The molecule has 0 fully saturated rings. The van der Waals surface area contributed by atoms with Gasteiger partial charge in [-0.2, -0.15) is 0 Å². The number of para-hydroxylation sites is 1. The van der Waals surface area contributed by atoms with Gasteiger partial charge in [0.05, 0.1) is 11.3 Å².